The number of amides is 1. The molecular weight excluding hydrogens is 332 g/mol. The van der Waals surface area contributed by atoms with Gasteiger partial charge in [-0.15, -0.1) is 11.3 Å². The van der Waals surface area contributed by atoms with E-state index >= 15 is 0 Å². The minimum Gasteiger partial charge on any atom is -0.361 e. The number of carbonyl (C=O) groups is 1. The molecule has 1 amide bonds. The third-order valence-corrected chi connectivity index (χ3v) is 8.12. The van der Waals surface area contributed by atoms with Crippen LogP contribution in [0.3, 0.4) is 0 Å². The van der Waals surface area contributed by atoms with Crippen molar-refractivity contribution in [2.24, 2.45) is 17.3 Å². The fourth-order valence-corrected chi connectivity index (χ4v) is 6.26. The van der Waals surface area contributed by atoms with Crippen molar-refractivity contribution in [2.75, 3.05) is 5.32 Å². The molecule has 2 aromatic rings. The van der Waals surface area contributed by atoms with Gasteiger partial charge in [0.05, 0.1) is 21.8 Å². The monoisotopic (exact) mass is 354 g/mol. The molecule has 0 aliphatic heterocycles. The van der Waals surface area contributed by atoms with E-state index in [0.717, 1.165) is 47.6 Å². The maximum absolute atomic E-state index is 12.7. The van der Waals surface area contributed by atoms with Crippen molar-refractivity contribution in [1.29, 1.82) is 0 Å². The van der Waals surface area contributed by atoms with Crippen molar-refractivity contribution in [3.05, 3.63) is 17.8 Å². The van der Waals surface area contributed by atoms with Crippen LogP contribution < -0.4 is 10.6 Å². The van der Waals surface area contributed by atoms with Crippen molar-refractivity contribution in [1.82, 2.24) is 15.3 Å². The standard InChI is InChI=1S/C19H22N4OS/c24-17(12-9-18(12)4-5-18)22-14-7-11-1-3-19(14,8-11)23-16-15-13(2-6-25-15)20-10-21-16/h2,6,10-12,14H,1,3-5,7-9H2,(H,22,24)(H,20,21,23). The molecule has 6 heteroatoms. The molecule has 4 aliphatic carbocycles. The Morgan fingerprint density at radius 3 is 2.96 bits per heavy atom. The minimum atomic E-state index is -0.0306. The number of fused-ring (bicyclic) bond motifs is 3. The first-order chi connectivity index (χ1) is 12.2. The van der Waals surface area contributed by atoms with Crippen LogP contribution >= 0.6 is 11.3 Å². The second-order valence-electron chi connectivity index (χ2n) is 8.66. The Morgan fingerprint density at radius 1 is 1.24 bits per heavy atom. The second kappa shape index (κ2) is 4.72. The zero-order valence-corrected chi connectivity index (χ0v) is 14.9. The Labute approximate surface area is 150 Å². The lowest BCUT2D eigenvalue weighted by atomic mass is 9.88. The molecule has 0 saturated heterocycles. The van der Waals surface area contributed by atoms with Crippen LogP contribution in [-0.2, 0) is 4.79 Å². The van der Waals surface area contributed by atoms with Gasteiger partial charge < -0.3 is 10.6 Å². The van der Waals surface area contributed by atoms with E-state index < -0.39 is 0 Å². The number of hydrogen-bond acceptors (Lipinski definition) is 5. The van der Waals surface area contributed by atoms with Crippen LogP contribution in [0.2, 0.25) is 0 Å². The Kier molecular flexibility index (Phi) is 2.74. The number of nitrogens with one attached hydrogen (secondary N) is 2. The van der Waals surface area contributed by atoms with Gasteiger partial charge in [0.2, 0.25) is 5.91 Å². The number of thiophene rings is 1. The summed E-state index contributed by atoms with van der Waals surface area (Å²) in [4.78, 5) is 21.6. The molecule has 0 radical (unpaired) electrons. The van der Waals surface area contributed by atoms with Gasteiger partial charge >= 0.3 is 0 Å². The van der Waals surface area contributed by atoms with E-state index in [1.165, 1.54) is 19.3 Å². The zero-order valence-electron chi connectivity index (χ0n) is 14.1. The molecule has 130 valence electrons. The Hall–Kier alpha value is -1.69. The van der Waals surface area contributed by atoms with E-state index in [9.17, 15) is 4.79 Å². The quantitative estimate of drug-likeness (QED) is 0.884. The highest BCUT2D eigenvalue weighted by atomic mass is 32.1. The topological polar surface area (TPSA) is 66.9 Å². The number of anilines is 1. The molecule has 2 heterocycles. The molecule has 2 aromatic heterocycles. The second-order valence-corrected chi connectivity index (χ2v) is 9.58. The lowest BCUT2D eigenvalue weighted by molar-refractivity contribution is -0.123. The molecule has 25 heavy (non-hydrogen) atoms. The maximum Gasteiger partial charge on any atom is 0.223 e. The van der Waals surface area contributed by atoms with Gasteiger partial charge in [0.25, 0.3) is 0 Å². The smallest absolute Gasteiger partial charge is 0.223 e. The largest absolute Gasteiger partial charge is 0.361 e. The predicted octanol–water partition coefficient (Wildman–Crippen LogP) is 3.33. The first-order valence-electron chi connectivity index (χ1n) is 9.44. The third kappa shape index (κ3) is 2.09. The zero-order chi connectivity index (χ0) is 16.6. The van der Waals surface area contributed by atoms with Gasteiger partial charge in [-0.25, -0.2) is 9.97 Å². The van der Waals surface area contributed by atoms with E-state index in [2.05, 4.69) is 26.0 Å². The number of nitrogens with zero attached hydrogens (tertiary/aromatic N) is 2. The van der Waals surface area contributed by atoms with E-state index in [1.54, 1.807) is 17.7 Å². The molecule has 4 saturated carbocycles. The molecule has 6 rings (SSSR count). The van der Waals surface area contributed by atoms with Gasteiger partial charge in [-0.2, -0.15) is 0 Å². The number of rotatable bonds is 4. The Balaban J connectivity index is 1.27. The Bertz CT molecular complexity index is 875. The van der Waals surface area contributed by atoms with Crippen LogP contribution in [0.25, 0.3) is 10.2 Å². The average Bonchev–Trinajstić information content (AvgIpc) is 3.35. The van der Waals surface area contributed by atoms with Gasteiger partial charge in [0.1, 0.15) is 12.1 Å². The van der Waals surface area contributed by atoms with Crippen LogP contribution in [0, 0.1) is 17.3 Å². The normalized spacial score (nSPS) is 36.7. The van der Waals surface area contributed by atoms with E-state index in [0.29, 0.717) is 17.2 Å². The molecular formula is C19H22N4OS. The first-order valence-corrected chi connectivity index (χ1v) is 10.3. The van der Waals surface area contributed by atoms with Gasteiger partial charge in [0.15, 0.2) is 0 Å². The SMILES string of the molecule is O=C(NC1CC2CCC1(Nc1ncnc3ccsc13)C2)C1CC12CC2. The summed E-state index contributed by atoms with van der Waals surface area (Å²) in [7, 11) is 0. The van der Waals surface area contributed by atoms with Crippen LogP contribution in [0.4, 0.5) is 5.82 Å². The highest BCUT2D eigenvalue weighted by molar-refractivity contribution is 7.17. The van der Waals surface area contributed by atoms with Gasteiger partial charge in [-0.05, 0) is 67.7 Å². The summed E-state index contributed by atoms with van der Waals surface area (Å²) in [6.45, 7) is 0. The van der Waals surface area contributed by atoms with Gasteiger partial charge in [-0.3, -0.25) is 4.79 Å². The summed E-state index contributed by atoms with van der Waals surface area (Å²) < 4.78 is 1.12. The highest BCUT2D eigenvalue weighted by Gasteiger charge is 2.66. The van der Waals surface area contributed by atoms with Gasteiger partial charge in [0, 0.05) is 5.92 Å². The van der Waals surface area contributed by atoms with Crippen molar-refractivity contribution in [3.8, 4) is 0 Å². The van der Waals surface area contributed by atoms with Crippen molar-refractivity contribution >= 4 is 33.3 Å². The fourth-order valence-electron chi connectivity index (χ4n) is 5.47. The van der Waals surface area contributed by atoms with E-state index in [1.807, 2.05) is 6.07 Å². The number of carbonyl (C=O) groups excluding carboxylic acids is 1. The van der Waals surface area contributed by atoms with Crippen LogP contribution in [-0.4, -0.2) is 27.5 Å². The van der Waals surface area contributed by atoms with E-state index in [-0.39, 0.29) is 11.6 Å². The molecule has 4 unspecified atom stereocenters. The lowest BCUT2D eigenvalue weighted by Gasteiger charge is -2.37. The molecule has 5 nitrogen and oxygen atoms in total. The van der Waals surface area contributed by atoms with Gasteiger partial charge in [-0.1, -0.05) is 0 Å². The summed E-state index contributed by atoms with van der Waals surface area (Å²) in [5.74, 6) is 2.27. The fraction of sp³-hybridized carbons (Fsp3) is 0.632. The Morgan fingerprint density at radius 2 is 2.16 bits per heavy atom. The molecule has 2 N–H and O–H groups in total. The van der Waals surface area contributed by atoms with Crippen molar-refractivity contribution in [2.45, 2.75) is 56.5 Å². The average molecular weight is 354 g/mol. The molecule has 4 fully saturated rings. The first kappa shape index (κ1) is 14.5. The highest BCUT2D eigenvalue weighted by Crippen LogP contribution is 2.70. The summed E-state index contributed by atoms with van der Waals surface area (Å²) in [6, 6.07) is 2.28. The number of aromatic nitrogens is 2. The third-order valence-electron chi connectivity index (χ3n) is 7.21. The summed E-state index contributed by atoms with van der Waals surface area (Å²) >= 11 is 1.68. The summed E-state index contributed by atoms with van der Waals surface area (Å²) in [5, 5.41) is 9.27. The van der Waals surface area contributed by atoms with Crippen LogP contribution in [0.5, 0.6) is 0 Å². The molecule has 4 atom stereocenters. The lowest BCUT2D eigenvalue weighted by Crippen LogP contribution is -2.54. The number of hydrogen-bond donors (Lipinski definition) is 2. The van der Waals surface area contributed by atoms with E-state index in [4.69, 9.17) is 0 Å². The predicted molar refractivity (Wildman–Crippen MR) is 97.4 cm³/mol. The van der Waals surface area contributed by atoms with Crippen molar-refractivity contribution < 1.29 is 4.79 Å². The molecule has 0 aromatic carbocycles. The summed E-state index contributed by atoms with van der Waals surface area (Å²) in [5.41, 5.74) is 1.40. The van der Waals surface area contributed by atoms with Crippen LogP contribution in [0.15, 0.2) is 17.8 Å². The maximum atomic E-state index is 12.7. The molecule has 4 aliphatic rings. The molecule has 2 bridgehead atoms. The van der Waals surface area contributed by atoms with Crippen LogP contribution in [0.1, 0.15) is 44.9 Å². The molecule has 1 spiro atoms. The minimum absolute atomic E-state index is 0.0306. The van der Waals surface area contributed by atoms with Crippen molar-refractivity contribution in [3.63, 3.8) is 0 Å². The summed E-state index contributed by atoms with van der Waals surface area (Å²) in [6.07, 6.45) is 9.92.